The van der Waals surface area contributed by atoms with E-state index in [1.165, 1.54) is 12.1 Å². The number of hydrogen-bond acceptors (Lipinski definition) is 1. The summed E-state index contributed by atoms with van der Waals surface area (Å²) in [5, 5.41) is 0. The quantitative estimate of drug-likeness (QED) is 0.658. The molecule has 2 aromatic heterocycles. The maximum absolute atomic E-state index is 13.3. The number of aromatic nitrogens is 2. The van der Waals surface area contributed by atoms with E-state index in [1.807, 2.05) is 35.7 Å². The van der Waals surface area contributed by atoms with Crippen molar-refractivity contribution in [2.45, 2.75) is 6.92 Å². The first-order chi connectivity index (χ1) is 8.65. The van der Waals surface area contributed by atoms with Gasteiger partial charge in [-0.1, -0.05) is 18.2 Å². The lowest BCUT2D eigenvalue weighted by Gasteiger charge is -2.02. The highest BCUT2D eigenvalue weighted by Gasteiger charge is 2.11. The molecule has 2 heterocycles. The van der Waals surface area contributed by atoms with Crippen molar-refractivity contribution in [3.05, 3.63) is 58.6 Å². The van der Waals surface area contributed by atoms with Crippen LogP contribution >= 0.6 is 15.9 Å². The van der Waals surface area contributed by atoms with E-state index in [4.69, 9.17) is 0 Å². The highest BCUT2D eigenvalue weighted by molar-refractivity contribution is 9.10. The molecule has 0 N–H and O–H groups in total. The fourth-order valence-electron chi connectivity index (χ4n) is 1.99. The van der Waals surface area contributed by atoms with Crippen LogP contribution in [0.25, 0.3) is 16.9 Å². The fourth-order valence-corrected chi connectivity index (χ4v) is 2.48. The third-order valence-electron chi connectivity index (χ3n) is 2.82. The summed E-state index contributed by atoms with van der Waals surface area (Å²) in [6, 6.07) is 10.5. The van der Waals surface area contributed by atoms with E-state index in [0.717, 1.165) is 27.1 Å². The Kier molecular flexibility index (Phi) is 2.67. The first-order valence-corrected chi connectivity index (χ1v) is 6.34. The molecule has 0 bridgehead atoms. The Hall–Kier alpha value is -1.68. The average Bonchev–Trinajstić information content (AvgIpc) is 2.66. The van der Waals surface area contributed by atoms with E-state index in [2.05, 4.69) is 20.9 Å². The first-order valence-electron chi connectivity index (χ1n) is 5.55. The van der Waals surface area contributed by atoms with E-state index in [0.29, 0.717) is 0 Å². The van der Waals surface area contributed by atoms with Gasteiger partial charge in [0.25, 0.3) is 0 Å². The summed E-state index contributed by atoms with van der Waals surface area (Å²) in [6.45, 7) is 2.02. The maximum Gasteiger partial charge on any atom is 0.146 e. The van der Waals surface area contributed by atoms with Crippen LogP contribution in [0.2, 0.25) is 0 Å². The van der Waals surface area contributed by atoms with Crippen LogP contribution in [-0.4, -0.2) is 9.38 Å². The Morgan fingerprint density at radius 1 is 1.22 bits per heavy atom. The van der Waals surface area contributed by atoms with Crippen molar-refractivity contribution in [1.29, 1.82) is 0 Å². The highest BCUT2D eigenvalue weighted by atomic mass is 79.9. The minimum atomic E-state index is -0.256. The normalized spacial score (nSPS) is 11.1. The second kappa shape index (κ2) is 4.21. The molecule has 0 saturated heterocycles. The second-order valence-electron chi connectivity index (χ2n) is 4.20. The molecule has 0 spiro atoms. The lowest BCUT2D eigenvalue weighted by Crippen LogP contribution is -1.90. The summed E-state index contributed by atoms with van der Waals surface area (Å²) in [7, 11) is 0. The van der Waals surface area contributed by atoms with Crippen LogP contribution in [0.3, 0.4) is 0 Å². The average molecular weight is 305 g/mol. The lowest BCUT2D eigenvalue weighted by atomic mass is 10.2. The molecule has 0 aliphatic heterocycles. The van der Waals surface area contributed by atoms with E-state index in [1.54, 1.807) is 6.07 Å². The van der Waals surface area contributed by atoms with Crippen molar-refractivity contribution in [1.82, 2.24) is 9.38 Å². The Morgan fingerprint density at radius 2 is 2.06 bits per heavy atom. The largest absolute Gasteiger partial charge is 0.298 e. The van der Waals surface area contributed by atoms with Gasteiger partial charge in [-0.2, -0.15) is 0 Å². The van der Waals surface area contributed by atoms with Gasteiger partial charge in [-0.05, 0) is 46.6 Å². The SMILES string of the molecule is Cc1ccc2c(Br)nc(-c3cccc(F)c3)n2c1. The zero-order chi connectivity index (χ0) is 12.7. The van der Waals surface area contributed by atoms with Crippen molar-refractivity contribution in [3.8, 4) is 11.4 Å². The van der Waals surface area contributed by atoms with Gasteiger partial charge in [0.05, 0.1) is 5.52 Å². The first kappa shape index (κ1) is 11.4. The minimum absolute atomic E-state index is 0.256. The molecular weight excluding hydrogens is 295 g/mol. The van der Waals surface area contributed by atoms with Crippen molar-refractivity contribution in [3.63, 3.8) is 0 Å². The molecule has 1 aromatic carbocycles. The van der Waals surface area contributed by atoms with Crippen molar-refractivity contribution >= 4 is 21.4 Å². The predicted molar refractivity (Wildman–Crippen MR) is 73.0 cm³/mol. The number of fused-ring (bicyclic) bond motifs is 1. The van der Waals surface area contributed by atoms with Gasteiger partial charge >= 0.3 is 0 Å². The number of benzene rings is 1. The summed E-state index contributed by atoms with van der Waals surface area (Å²) in [5.74, 6) is 0.480. The van der Waals surface area contributed by atoms with Gasteiger partial charge in [-0.15, -0.1) is 0 Å². The molecule has 0 unspecified atom stereocenters. The molecular formula is C14H10BrFN2. The van der Waals surface area contributed by atoms with Crippen molar-refractivity contribution in [2.24, 2.45) is 0 Å². The Morgan fingerprint density at radius 3 is 2.83 bits per heavy atom. The lowest BCUT2D eigenvalue weighted by molar-refractivity contribution is 0.628. The number of imidazole rings is 1. The van der Waals surface area contributed by atoms with E-state index < -0.39 is 0 Å². The van der Waals surface area contributed by atoms with Crippen LogP contribution in [0.4, 0.5) is 4.39 Å². The summed E-state index contributed by atoms with van der Waals surface area (Å²) in [6.07, 6.45) is 1.99. The standard InChI is InChI=1S/C14H10BrFN2/c1-9-5-6-12-13(15)17-14(18(12)8-9)10-3-2-4-11(16)7-10/h2-8H,1H3. The maximum atomic E-state index is 13.3. The Labute approximate surface area is 112 Å². The summed E-state index contributed by atoms with van der Waals surface area (Å²) in [4.78, 5) is 4.46. The molecule has 0 amide bonds. The third kappa shape index (κ3) is 1.82. The number of hydrogen-bond donors (Lipinski definition) is 0. The molecule has 0 aliphatic carbocycles. The van der Waals surface area contributed by atoms with Gasteiger partial charge < -0.3 is 0 Å². The number of pyridine rings is 1. The van der Waals surface area contributed by atoms with Gasteiger partial charge in [0.2, 0.25) is 0 Å². The van der Waals surface area contributed by atoms with E-state index in [9.17, 15) is 4.39 Å². The van der Waals surface area contributed by atoms with Gasteiger partial charge in [-0.3, -0.25) is 4.40 Å². The number of aryl methyl sites for hydroxylation is 1. The predicted octanol–water partition coefficient (Wildman–Crippen LogP) is 4.21. The fraction of sp³-hybridized carbons (Fsp3) is 0.0714. The molecule has 0 aliphatic rings. The van der Waals surface area contributed by atoms with E-state index >= 15 is 0 Å². The van der Waals surface area contributed by atoms with Gasteiger partial charge in [-0.25, -0.2) is 9.37 Å². The van der Waals surface area contributed by atoms with Gasteiger partial charge in [0.15, 0.2) is 0 Å². The molecule has 90 valence electrons. The number of nitrogens with zero attached hydrogens (tertiary/aromatic N) is 2. The summed E-state index contributed by atoms with van der Waals surface area (Å²) < 4.78 is 16.0. The van der Waals surface area contributed by atoms with Crippen molar-refractivity contribution < 1.29 is 4.39 Å². The minimum Gasteiger partial charge on any atom is -0.298 e. The summed E-state index contributed by atoms with van der Waals surface area (Å²) in [5.41, 5.74) is 2.87. The second-order valence-corrected chi connectivity index (χ2v) is 4.95. The van der Waals surface area contributed by atoms with Crippen LogP contribution in [-0.2, 0) is 0 Å². The molecule has 3 aromatic rings. The molecule has 4 heteroatoms. The molecule has 3 rings (SSSR count). The van der Waals surface area contributed by atoms with Crippen LogP contribution in [0.5, 0.6) is 0 Å². The van der Waals surface area contributed by atoms with Crippen LogP contribution in [0.15, 0.2) is 47.2 Å². The van der Waals surface area contributed by atoms with Gasteiger partial charge in [0.1, 0.15) is 16.2 Å². The Balaban J connectivity index is 2.32. The summed E-state index contributed by atoms with van der Waals surface area (Å²) >= 11 is 3.43. The molecule has 0 fully saturated rings. The monoisotopic (exact) mass is 304 g/mol. The van der Waals surface area contributed by atoms with Crippen LogP contribution in [0.1, 0.15) is 5.56 Å². The molecule has 18 heavy (non-hydrogen) atoms. The number of halogens is 2. The van der Waals surface area contributed by atoms with Gasteiger partial charge in [0, 0.05) is 11.8 Å². The third-order valence-corrected chi connectivity index (χ3v) is 3.41. The Bertz CT molecular complexity index is 734. The van der Waals surface area contributed by atoms with Crippen molar-refractivity contribution in [2.75, 3.05) is 0 Å². The molecule has 2 nitrogen and oxygen atoms in total. The molecule has 0 atom stereocenters. The van der Waals surface area contributed by atoms with E-state index in [-0.39, 0.29) is 5.82 Å². The number of rotatable bonds is 1. The zero-order valence-electron chi connectivity index (χ0n) is 9.69. The van der Waals surface area contributed by atoms with Crippen LogP contribution < -0.4 is 0 Å². The van der Waals surface area contributed by atoms with Crippen LogP contribution in [0, 0.1) is 12.7 Å². The topological polar surface area (TPSA) is 17.3 Å². The molecule has 0 saturated carbocycles. The zero-order valence-corrected chi connectivity index (χ0v) is 11.3. The molecule has 0 radical (unpaired) electrons. The smallest absolute Gasteiger partial charge is 0.146 e. The highest BCUT2D eigenvalue weighted by Crippen LogP contribution is 2.26.